The van der Waals surface area contributed by atoms with Crippen molar-refractivity contribution in [2.45, 2.75) is 13.3 Å². The highest BCUT2D eigenvalue weighted by Gasteiger charge is 2.13. The summed E-state index contributed by atoms with van der Waals surface area (Å²) in [6.45, 7) is 2.08. The molecular weight excluding hydrogens is 304 g/mol. The van der Waals surface area contributed by atoms with Crippen molar-refractivity contribution in [3.8, 4) is 0 Å². The van der Waals surface area contributed by atoms with E-state index in [4.69, 9.17) is 11.6 Å². The van der Waals surface area contributed by atoms with Gasteiger partial charge in [-0.15, -0.1) is 0 Å². The maximum atomic E-state index is 12.0. The standard InChI is InChI=1S/C16H15ClN2O3/c1-11-9-13(5-6-15(11)19(21)22)16(20)18-8-7-12-3-2-4-14(17)10-12/h2-6,9-10H,7-8H2,1H3,(H,18,20). The molecule has 0 aliphatic rings. The van der Waals surface area contributed by atoms with E-state index in [0.29, 0.717) is 29.1 Å². The van der Waals surface area contributed by atoms with Crippen LogP contribution in [0.4, 0.5) is 5.69 Å². The number of benzene rings is 2. The summed E-state index contributed by atoms with van der Waals surface area (Å²) < 4.78 is 0. The Bertz CT molecular complexity index is 716. The number of amides is 1. The second-order valence-corrected chi connectivity index (χ2v) is 5.33. The van der Waals surface area contributed by atoms with Gasteiger partial charge in [0, 0.05) is 28.8 Å². The molecule has 1 amide bonds. The number of rotatable bonds is 5. The van der Waals surface area contributed by atoms with Crippen LogP contribution in [0.5, 0.6) is 0 Å². The summed E-state index contributed by atoms with van der Waals surface area (Å²) >= 11 is 5.90. The first-order valence-electron chi connectivity index (χ1n) is 6.75. The summed E-state index contributed by atoms with van der Waals surface area (Å²) in [5.74, 6) is -0.250. The number of carbonyl (C=O) groups is 1. The number of nitrogens with zero attached hydrogens (tertiary/aromatic N) is 1. The maximum Gasteiger partial charge on any atom is 0.272 e. The van der Waals surface area contributed by atoms with Crippen LogP contribution in [0.1, 0.15) is 21.5 Å². The molecule has 6 heteroatoms. The Morgan fingerprint density at radius 3 is 2.68 bits per heavy atom. The summed E-state index contributed by atoms with van der Waals surface area (Å²) in [6.07, 6.45) is 0.665. The highest BCUT2D eigenvalue weighted by Crippen LogP contribution is 2.18. The molecule has 0 aromatic heterocycles. The Labute approximate surface area is 133 Å². The number of nitro groups is 1. The van der Waals surface area contributed by atoms with Gasteiger partial charge in [-0.05, 0) is 43.2 Å². The predicted molar refractivity (Wildman–Crippen MR) is 85.3 cm³/mol. The molecular formula is C16H15ClN2O3. The highest BCUT2D eigenvalue weighted by atomic mass is 35.5. The molecule has 2 aromatic carbocycles. The molecule has 5 nitrogen and oxygen atoms in total. The van der Waals surface area contributed by atoms with Crippen molar-refractivity contribution in [1.29, 1.82) is 0 Å². The predicted octanol–water partition coefficient (Wildman–Crippen LogP) is 3.53. The van der Waals surface area contributed by atoms with Gasteiger partial charge in [0.25, 0.3) is 11.6 Å². The molecule has 0 spiro atoms. The highest BCUT2D eigenvalue weighted by molar-refractivity contribution is 6.30. The second kappa shape index (κ2) is 7.04. The van der Waals surface area contributed by atoms with Crippen molar-refractivity contribution in [3.63, 3.8) is 0 Å². The SMILES string of the molecule is Cc1cc(C(=O)NCCc2cccc(Cl)c2)ccc1[N+](=O)[O-]. The van der Waals surface area contributed by atoms with Gasteiger partial charge in [0.05, 0.1) is 4.92 Å². The average Bonchev–Trinajstić information content (AvgIpc) is 2.46. The molecule has 2 aromatic rings. The number of halogens is 1. The molecule has 0 bridgehead atoms. The first kappa shape index (κ1) is 16.0. The van der Waals surface area contributed by atoms with Gasteiger partial charge in [0.2, 0.25) is 0 Å². The van der Waals surface area contributed by atoms with Gasteiger partial charge in [0.15, 0.2) is 0 Å². The number of aryl methyl sites for hydroxylation is 1. The van der Waals surface area contributed by atoms with Crippen LogP contribution >= 0.6 is 11.6 Å². The van der Waals surface area contributed by atoms with Crippen molar-refractivity contribution in [3.05, 3.63) is 74.3 Å². The van der Waals surface area contributed by atoms with Crippen molar-refractivity contribution in [2.24, 2.45) is 0 Å². The molecule has 0 heterocycles. The fourth-order valence-corrected chi connectivity index (χ4v) is 2.33. The molecule has 114 valence electrons. The largest absolute Gasteiger partial charge is 0.352 e. The van der Waals surface area contributed by atoms with Crippen LogP contribution in [0, 0.1) is 17.0 Å². The van der Waals surface area contributed by atoms with Crippen molar-refractivity contribution >= 4 is 23.2 Å². The molecule has 0 unspecified atom stereocenters. The zero-order valence-corrected chi connectivity index (χ0v) is 12.8. The van der Waals surface area contributed by atoms with Crippen LogP contribution in [0.25, 0.3) is 0 Å². The topological polar surface area (TPSA) is 72.2 Å². The lowest BCUT2D eigenvalue weighted by Gasteiger charge is -2.06. The minimum atomic E-state index is -0.462. The molecule has 0 radical (unpaired) electrons. The smallest absolute Gasteiger partial charge is 0.272 e. The lowest BCUT2D eigenvalue weighted by molar-refractivity contribution is -0.385. The van der Waals surface area contributed by atoms with E-state index in [0.717, 1.165) is 5.56 Å². The quantitative estimate of drug-likeness (QED) is 0.677. The van der Waals surface area contributed by atoms with E-state index >= 15 is 0 Å². The Hall–Kier alpha value is -2.40. The number of nitro benzene ring substituents is 1. The van der Waals surface area contributed by atoms with E-state index < -0.39 is 4.92 Å². The first-order chi connectivity index (χ1) is 10.5. The number of carbonyl (C=O) groups excluding carboxylic acids is 1. The lowest BCUT2D eigenvalue weighted by Crippen LogP contribution is -2.25. The van der Waals surface area contributed by atoms with E-state index in [9.17, 15) is 14.9 Å². The Morgan fingerprint density at radius 2 is 2.05 bits per heavy atom. The third kappa shape index (κ3) is 4.05. The zero-order valence-electron chi connectivity index (χ0n) is 12.0. The molecule has 22 heavy (non-hydrogen) atoms. The third-order valence-electron chi connectivity index (χ3n) is 3.24. The first-order valence-corrected chi connectivity index (χ1v) is 7.13. The maximum absolute atomic E-state index is 12.0. The number of nitrogens with one attached hydrogen (secondary N) is 1. The third-order valence-corrected chi connectivity index (χ3v) is 3.48. The molecule has 0 saturated heterocycles. The van der Waals surface area contributed by atoms with Gasteiger partial charge in [-0.2, -0.15) is 0 Å². The molecule has 0 aliphatic carbocycles. The van der Waals surface area contributed by atoms with Crippen LogP contribution in [-0.2, 0) is 6.42 Å². The van der Waals surface area contributed by atoms with E-state index in [2.05, 4.69) is 5.32 Å². The van der Waals surface area contributed by atoms with E-state index in [1.807, 2.05) is 18.2 Å². The summed E-state index contributed by atoms with van der Waals surface area (Å²) in [5.41, 5.74) is 1.92. The van der Waals surface area contributed by atoms with Gasteiger partial charge in [0.1, 0.15) is 0 Å². The fourth-order valence-electron chi connectivity index (χ4n) is 2.12. The summed E-state index contributed by atoms with van der Waals surface area (Å²) in [7, 11) is 0. The van der Waals surface area contributed by atoms with Crippen LogP contribution in [-0.4, -0.2) is 17.4 Å². The van der Waals surface area contributed by atoms with E-state index in [1.54, 1.807) is 13.0 Å². The average molecular weight is 319 g/mol. The Kier molecular flexibility index (Phi) is 5.12. The number of hydrogen-bond donors (Lipinski definition) is 1. The fraction of sp³-hybridized carbons (Fsp3) is 0.188. The minimum absolute atomic E-state index is 0.00970. The van der Waals surface area contributed by atoms with Gasteiger partial charge in [-0.1, -0.05) is 23.7 Å². The molecule has 1 N–H and O–H groups in total. The minimum Gasteiger partial charge on any atom is -0.352 e. The monoisotopic (exact) mass is 318 g/mol. The van der Waals surface area contributed by atoms with Crippen molar-refractivity contribution < 1.29 is 9.72 Å². The van der Waals surface area contributed by atoms with Crippen LogP contribution < -0.4 is 5.32 Å². The van der Waals surface area contributed by atoms with Gasteiger partial charge < -0.3 is 5.32 Å². The van der Waals surface area contributed by atoms with Crippen LogP contribution in [0.15, 0.2) is 42.5 Å². The Morgan fingerprint density at radius 1 is 1.27 bits per heavy atom. The van der Waals surface area contributed by atoms with Gasteiger partial charge >= 0.3 is 0 Å². The molecule has 2 rings (SSSR count). The van der Waals surface area contributed by atoms with Gasteiger partial charge in [-0.3, -0.25) is 14.9 Å². The summed E-state index contributed by atoms with van der Waals surface area (Å²) in [5, 5.41) is 14.2. The molecule has 0 saturated carbocycles. The summed E-state index contributed by atoms with van der Waals surface area (Å²) in [6, 6.07) is 11.8. The van der Waals surface area contributed by atoms with Crippen molar-refractivity contribution in [2.75, 3.05) is 6.54 Å². The number of hydrogen-bond acceptors (Lipinski definition) is 3. The van der Waals surface area contributed by atoms with Crippen LogP contribution in [0.3, 0.4) is 0 Å². The van der Waals surface area contributed by atoms with Crippen molar-refractivity contribution in [1.82, 2.24) is 5.32 Å². The molecule has 0 aliphatic heterocycles. The van der Waals surface area contributed by atoms with E-state index in [1.165, 1.54) is 18.2 Å². The van der Waals surface area contributed by atoms with Crippen LogP contribution in [0.2, 0.25) is 5.02 Å². The second-order valence-electron chi connectivity index (χ2n) is 4.89. The van der Waals surface area contributed by atoms with E-state index in [-0.39, 0.29) is 11.6 Å². The zero-order chi connectivity index (χ0) is 16.1. The Balaban J connectivity index is 1.95. The lowest BCUT2D eigenvalue weighted by atomic mass is 10.1. The van der Waals surface area contributed by atoms with Gasteiger partial charge in [-0.25, -0.2) is 0 Å². The molecule has 0 fully saturated rings. The molecule has 0 atom stereocenters. The normalized spacial score (nSPS) is 10.3. The summed E-state index contributed by atoms with van der Waals surface area (Å²) in [4.78, 5) is 22.3.